The molecular formula is C60H48N4OSi. The molecule has 3 aromatic heterocycles. The number of pyridine rings is 1. The van der Waals surface area contributed by atoms with Crippen molar-refractivity contribution in [3.05, 3.63) is 212 Å². The SMILES string of the molecule is [2H]c1c([2H])c([2H])c(-c2cccc(-c3c([2H])c([2H])c([2H])c([2H])c3[2H])c2-[n+]2[c-]n3c4c(cccc42)[Si](C)(C)c2ccc(Oc4ccc5c6cccc(-c7ccccc7)c6n(-c6cc(C(C)(C)C)ccn6)c5c4)cc2-3)c([2H])c1[2H]. The molecule has 0 unspecified atom stereocenters. The highest BCUT2D eigenvalue weighted by atomic mass is 28.3. The third-order valence-corrected chi connectivity index (χ3v) is 16.5. The Morgan fingerprint density at radius 1 is 0.606 bits per heavy atom. The van der Waals surface area contributed by atoms with Gasteiger partial charge in [-0.3, -0.25) is 13.7 Å². The largest absolute Gasteiger partial charge is 0.458 e. The van der Waals surface area contributed by atoms with Gasteiger partial charge < -0.3 is 4.74 Å². The fourth-order valence-corrected chi connectivity index (χ4v) is 12.7. The number of fused-ring (bicyclic) bond motifs is 5. The predicted molar refractivity (Wildman–Crippen MR) is 274 cm³/mol. The van der Waals surface area contributed by atoms with Crippen LogP contribution >= 0.6 is 0 Å². The van der Waals surface area contributed by atoms with E-state index in [1.807, 2.05) is 59.3 Å². The van der Waals surface area contributed by atoms with Crippen molar-refractivity contribution in [2.45, 2.75) is 39.3 Å². The summed E-state index contributed by atoms with van der Waals surface area (Å²) in [4.78, 5) is 4.98. The van der Waals surface area contributed by atoms with Crippen molar-refractivity contribution >= 4 is 51.3 Å². The van der Waals surface area contributed by atoms with Crippen LogP contribution in [0.2, 0.25) is 13.1 Å². The Hall–Kier alpha value is -7.80. The van der Waals surface area contributed by atoms with E-state index in [2.05, 4.69) is 111 Å². The minimum Gasteiger partial charge on any atom is -0.458 e. The lowest BCUT2D eigenvalue weighted by Gasteiger charge is -2.32. The molecule has 0 amide bonds. The third-order valence-electron chi connectivity index (χ3n) is 13.0. The Kier molecular flexibility index (Phi) is 6.97. The number of hydrogen-bond acceptors (Lipinski definition) is 2. The van der Waals surface area contributed by atoms with Crippen molar-refractivity contribution in [1.82, 2.24) is 14.1 Å². The van der Waals surface area contributed by atoms with Crippen LogP contribution in [0, 0.1) is 6.33 Å². The van der Waals surface area contributed by atoms with Crippen LogP contribution in [0.3, 0.4) is 0 Å². The standard InChI is InChI=1S/C60H48N4OSi/c1-60(2,3)43-34-35-61-56(36-43)64-52-37-44(30-32-49(52)50-27-16-26-48(58(50)64)42-22-13-8-14-23-42)65-45-31-33-54-53(38-45)63-39-62(51-28-17-29-55(59(51)63)66(54,4)5)57-46(40-18-9-6-10-19-40)24-15-25-47(57)41-20-11-7-12-21-41/h6-38H,1-5H3/i6D,7D,9D,10D,11D,12D,18D,19D,20D,21D. The number of nitrogens with zero attached hydrogens (tertiary/aromatic N) is 4. The first-order valence-electron chi connectivity index (χ1n) is 27.0. The average Bonchev–Trinajstić information content (AvgIpc) is 4.01. The van der Waals surface area contributed by atoms with Gasteiger partial charge in [-0.2, -0.15) is 0 Å². The van der Waals surface area contributed by atoms with Crippen molar-refractivity contribution in [3.8, 4) is 62.1 Å². The average molecular weight is 879 g/mol. The van der Waals surface area contributed by atoms with Gasteiger partial charge in [-0.25, -0.2) is 4.98 Å². The van der Waals surface area contributed by atoms with Gasteiger partial charge in [0.25, 0.3) is 6.33 Å². The number of benzene rings is 8. The summed E-state index contributed by atoms with van der Waals surface area (Å²) in [5.74, 6) is 1.95. The van der Waals surface area contributed by atoms with Crippen LogP contribution in [0.25, 0.3) is 83.4 Å². The highest BCUT2D eigenvalue weighted by molar-refractivity contribution is 7.02. The first-order valence-corrected chi connectivity index (χ1v) is 25.0. The number of rotatable bonds is 7. The maximum atomic E-state index is 9.14. The molecule has 11 aromatic rings. The van der Waals surface area contributed by atoms with Crippen LogP contribution in [0.5, 0.6) is 11.5 Å². The lowest BCUT2D eigenvalue weighted by Crippen LogP contribution is -2.57. The number of para-hydroxylation sites is 3. The Morgan fingerprint density at radius 2 is 1.27 bits per heavy atom. The van der Waals surface area contributed by atoms with Gasteiger partial charge in [0.1, 0.15) is 25.4 Å². The normalized spacial score (nSPS) is 15.2. The Balaban J connectivity index is 1.07. The minimum atomic E-state index is -2.53. The van der Waals surface area contributed by atoms with Gasteiger partial charge in [-0.1, -0.05) is 185 Å². The van der Waals surface area contributed by atoms with Gasteiger partial charge in [0.2, 0.25) is 0 Å². The topological polar surface area (TPSA) is 35.9 Å². The molecule has 0 fully saturated rings. The number of hydrogen-bond donors (Lipinski definition) is 0. The van der Waals surface area contributed by atoms with Gasteiger partial charge >= 0.3 is 0 Å². The molecule has 0 atom stereocenters. The fraction of sp³-hybridized carbons (Fsp3) is 0.100. The number of aromatic nitrogens is 4. The molecule has 318 valence electrons. The van der Waals surface area contributed by atoms with Crippen LogP contribution in [-0.4, -0.2) is 22.2 Å². The zero-order valence-electron chi connectivity index (χ0n) is 47.0. The molecule has 12 rings (SSSR count). The molecule has 0 radical (unpaired) electrons. The maximum Gasteiger partial charge on any atom is 0.269 e. The summed E-state index contributed by atoms with van der Waals surface area (Å²) in [6, 6.07) is 39.0. The molecule has 0 aliphatic carbocycles. The van der Waals surface area contributed by atoms with E-state index >= 15 is 0 Å². The van der Waals surface area contributed by atoms with E-state index in [1.165, 1.54) is 0 Å². The second-order valence-corrected chi connectivity index (χ2v) is 22.6. The van der Waals surface area contributed by atoms with Gasteiger partial charge in [0.15, 0.2) is 0 Å². The van der Waals surface area contributed by atoms with Crippen LogP contribution in [0.1, 0.15) is 40.0 Å². The molecule has 0 N–H and O–H groups in total. The predicted octanol–water partition coefficient (Wildman–Crippen LogP) is 13.4. The Bertz CT molecular complexity index is 4150. The molecule has 66 heavy (non-hydrogen) atoms. The van der Waals surface area contributed by atoms with Crippen molar-refractivity contribution < 1.29 is 23.0 Å². The summed E-state index contributed by atoms with van der Waals surface area (Å²) in [7, 11) is -2.53. The summed E-state index contributed by atoms with van der Waals surface area (Å²) in [5.41, 5.74) is 7.76. The smallest absolute Gasteiger partial charge is 0.269 e. The van der Waals surface area contributed by atoms with Gasteiger partial charge in [0, 0.05) is 28.6 Å². The summed E-state index contributed by atoms with van der Waals surface area (Å²) < 4.78 is 101. The van der Waals surface area contributed by atoms with E-state index in [9.17, 15) is 0 Å². The molecule has 0 saturated carbocycles. The maximum absolute atomic E-state index is 9.14. The summed E-state index contributed by atoms with van der Waals surface area (Å²) in [5, 5.41) is 4.30. The van der Waals surface area contributed by atoms with Crippen LogP contribution in [-0.2, 0) is 5.41 Å². The summed E-state index contributed by atoms with van der Waals surface area (Å²) >= 11 is 0. The molecule has 0 bridgehead atoms. The Morgan fingerprint density at radius 3 is 2.00 bits per heavy atom. The minimum absolute atomic E-state index is 0.112. The molecule has 1 aliphatic heterocycles. The van der Waals surface area contributed by atoms with E-state index in [-0.39, 0.29) is 33.4 Å². The van der Waals surface area contributed by atoms with E-state index in [0.29, 0.717) is 17.0 Å². The second kappa shape index (κ2) is 15.1. The van der Waals surface area contributed by atoms with E-state index in [1.54, 1.807) is 22.8 Å². The first kappa shape index (κ1) is 30.4. The highest BCUT2D eigenvalue weighted by Crippen LogP contribution is 2.41. The zero-order chi connectivity index (χ0) is 53.4. The van der Waals surface area contributed by atoms with Crippen molar-refractivity contribution in [2.75, 3.05) is 0 Å². The van der Waals surface area contributed by atoms with Gasteiger partial charge in [-0.05, 0) is 85.6 Å². The van der Waals surface area contributed by atoms with Crippen LogP contribution in [0.15, 0.2) is 200 Å². The van der Waals surface area contributed by atoms with E-state index in [0.717, 1.165) is 65.9 Å². The monoisotopic (exact) mass is 878 g/mol. The molecule has 6 heteroatoms. The van der Waals surface area contributed by atoms with Crippen molar-refractivity contribution in [3.63, 3.8) is 0 Å². The van der Waals surface area contributed by atoms with Crippen molar-refractivity contribution in [2.24, 2.45) is 0 Å². The Labute approximate surface area is 400 Å². The van der Waals surface area contributed by atoms with Gasteiger partial charge in [-0.15, -0.1) is 0 Å². The fourth-order valence-electron chi connectivity index (χ4n) is 9.73. The first-order chi connectivity index (χ1) is 36.3. The second-order valence-electron chi connectivity index (χ2n) is 18.3. The van der Waals surface area contributed by atoms with E-state index < -0.39 is 68.5 Å². The molecule has 5 nitrogen and oxygen atoms in total. The molecule has 4 heterocycles. The zero-order valence-corrected chi connectivity index (χ0v) is 38.0. The summed E-state index contributed by atoms with van der Waals surface area (Å²) in [6.45, 7) is 11.1. The third kappa shape index (κ3) is 6.35. The number of imidazole rings is 1. The van der Waals surface area contributed by atoms with Crippen LogP contribution in [0.4, 0.5) is 0 Å². The molecule has 0 saturated heterocycles. The molecule has 8 aromatic carbocycles. The lowest BCUT2D eigenvalue weighted by molar-refractivity contribution is -0.571. The molecule has 1 aliphatic rings. The summed E-state index contributed by atoms with van der Waals surface area (Å²) in [6.07, 6.45) is 5.47. The van der Waals surface area contributed by atoms with Crippen molar-refractivity contribution in [1.29, 1.82) is 0 Å². The quantitative estimate of drug-likeness (QED) is 0.0908. The number of ether oxygens (including phenoxy) is 1. The lowest BCUT2D eigenvalue weighted by atomic mass is 9.88. The van der Waals surface area contributed by atoms with Crippen LogP contribution < -0.4 is 19.7 Å². The molecule has 0 spiro atoms. The highest BCUT2D eigenvalue weighted by Gasteiger charge is 2.37. The molecular weight excluding hydrogens is 821 g/mol. The van der Waals surface area contributed by atoms with E-state index in [4.69, 9.17) is 23.4 Å². The van der Waals surface area contributed by atoms with Gasteiger partial charge in [0.05, 0.1) is 47.1 Å².